The Kier molecular flexibility index (Phi) is 6.72. The number of hydrogen-bond donors (Lipinski definition) is 2. The van der Waals surface area contributed by atoms with Crippen LogP contribution in [0.25, 0.3) is 22.2 Å². The summed E-state index contributed by atoms with van der Waals surface area (Å²) < 4.78 is 19.4. The molecule has 1 aliphatic heterocycles. The van der Waals surface area contributed by atoms with E-state index in [-0.39, 0.29) is 18.3 Å². The molecule has 32 heavy (non-hydrogen) atoms. The van der Waals surface area contributed by atoms with Crippen molar-refractivity contribution in [2.75, 3.05) is 46.9 Å². The van der Waals surface area contributed by atoms with Gasteiger partial charge in [0, 0.05) is 42.4 Å². The second-order valence-corrected chi connectivity index (χ2v) is 8.28. The molecule has 1 fully saturated rings. The first-order valence-corrected chi connectivity index (χ1v) is 10.9. The summed E-state index contributed by atoms with van der Waals surface area (Å²) in [6.07, 6.45) is 3.59. The van der Waals surface area contributed by atoms with E-state index in [0.29, 0.717) is 30.3 Å². The number of likely N-dealkylation sites (tertiary alicyclic amines) is 1. The molecule has 0 bridgehead atoms. The zero-order chi connectivity index (χ0) is 22.7. The molecule has 8 heteroatoms. The van der Waals surface area contributed by atoms with E-state index in [1.807, 2.05) is 6.07 Å². The predicted octanol–water partition coefficient (Wildman–Crippen LogP) is 3.01. The van der Waals surface area contributed by atoms with Crippen molar-refractivity contribution in [2.45, 2.75) is 18.8 Å². The van der Waals surface area contributed by atoms with Crippen molar-refractivity contribution in [3.8, 4) is 16.9 Å². The number of halogens is 1. The van der Waals surface area contributed by atoms with Crippen LogP contribution < -0.4 is 4.74 Å². The number of pyridine rings is 1. The van der Waals surface area contributed by atoms with Crippen molar-refractivity contribution in [1.29, 1.82) is 0 Å². The van der Waals surface area contributed by atoms with E-state index in [2.05, 4.69) is 20.9 Å². The van der Waals surface area contributed by atoms with Gasteiger partial charge >= 0.3 is 0 Å². The minimum atomic E-state index is -0.312. The van der Waals surface area contributed by atoms with Crippen molar-refractivity contribution >= 4 is 16.9 Å². The normalized spacial score (nSPS) is 15.2. The average Bonchev–Trinajstić information content (AvgIpc) is 3.24. The highest BCUT2D eigenvalue weighted by atomic mass is 19.1. The lowest BCUT2D eigenvalue weighted by atomic mass is 9.93. The van der Waals surface area contributed by atoms with Crippen molar-refractivity contribution in [1.82, 2.24) is 19.8 Å². The quantitative estimate of drug-likeness (QED) is 0.590. The minimum absolute atomic E-state index is 0.0256. The Morgan fingerprint density at radius 2 is 2.06 bits per heavy atom. The van der Waals surface area contributed by atoms with Crippen molar-refractivity contribution in [2.24, 2.45) is 0 Å². The summed E-state index contributed by atoms with van der Waals surface area (Å²) in [5.41, 5.74) is 3.46. The van der Waals surface area contributed by atoms with Gasteiger partial charge < -0.3 is 19.7 Å². The molecular weight excluding hydrogens is 411 g/mol. The standard InChI is InChI=1S/C24H29FN4O3/c1-28(11-12-30)23(31)15-29-9-6-16(7-10-29)21-14-20-18(5-8-26-24(20)27-21)19-13-17(25)3-4-22(19)32-2/h3-5,8,13-14,16,30H,6-7,9-12,15H2,1-2H3,(H,26,27). The Labute approximate surface area is 186 Å². The monoisotopic (exact) mass is 440 g/mol. The maximum Gasteiger partial charge on any atom is 0.236 e. The SMILES string of the molecule is COc1ccc(F)cc1-c1ccnc2[nH]c(C3CCN(CC(=O)N(C)CCO)CC3)cc12. The molecule has 1 aliphatic rings. The lowest BCUT2D eigenvalue weighted by Gasteiger charge is -2.32. The van der Waals surface area contributed by atoms with Crippen LogP contribution in [-0.4, -0.2) is 77.7 Å². The summed E-state index contributed by atoms with van der Waals surface area (Å²) in [4.78, 5) is 23.9. The number of aromatic nitrogens is 2. The van der Waals surface area contributed by atoms with Gasteiger partial charge in [0.05, 0.1) is 20.3 Å². The van der Waals surface area contributed by atoms with Crippen molar-refractivity contribution in [3.63, 3.8) is 0 Å². The molecule has 0 saturated carbocycles. The predicted molar refractivity (Wildman–Crippen MR) is 121 cm³/mol. The van der Waals surface area contributed by atoms with E-state index in [1.165, 1.54) is 12.1 Å². The summed E-state index contributed by atoms with van der Waals surface area (Å²) in [5, 5.41) is 9.95. The molecule has 170 valence electrons. The van der Waals surface area contributed by atoms with Gasteiger partial charge in [-0.05, 0) is 61.8 Å². The number of ether oxygens (including phenoxy) is 1. The van der Waals surface area contributed by atoms with Gasteiger partial charge in [0.2, 0.25) is 5.91 Å². The van der Waals surface area contributed by atoms with E-state index in [9.17, 15) is 9.18 Å². The van der Waals surface area contributed by atoms with Crippen LogP contribution in [0.15, 0.2) is 36.5 Å². The van der Waals surface area contributed by atoms with E-state index < -0.39 is 0 Å². The molecule has 0 radical (unpaired) electrons. The first kappa shape index (κ1) is 22.2. The molecule has 0 atom stereocenters. The van der Waals surface area contributed by atoms with Crippen LogP contribution in [0.3, 0.4) is 0 Å². The number of benzene rings is 1. The average molecular weight is 441 g/mol. The maximum atomic E-state index is 14.0. The Balaban J connectivity index is 1.51. The van der Waals surface area contributed by atoms with Gasteiger partial charge in [0.25, 0.3) is 0 Å². The number of carbonyl (C=O) groups excluding carboxylic acids is 1. The van der Waals surface area contributed by atoms with Gasteiger partial charge in [-0.1, -0.05) is 0 Å². The number of nitrogens with one attached hydrogen (secondary N) is 1. The molecule has 2 N–H and O–H groups in total. The number of carbonyl (C=O) groups is 1. The molecule has 0 aliphatic carbocycles. The number of piperidine rings is 1. The largest absolute Gasteiger partial charge is 0.496 e. The number of hydrogen-bond acceptors (Lipinski definition) is 5. The Morgan fingerprint density at radius 3 is 2.78 bits per heavy atom. The number of H-pyrrole nitrogens is 1. The van der Waals surface area contributed by atoms with Crippen LogP contribution in [0.5, 0.6) is 5.75 Å². The number of aromatic amines is 1. The zero-order valence-electron chi connectivity index (χ0n) is 18.5. The van der Waals surface area contributed by atoms with Gasteiger partial charge in [-0.25, -0.2) is 9.37 Å². The van der Waals surface area contributed by atoms with Gasteiger partial charge in [-0.15, -0.1) is 0 Å². The Morgan fingerprint density at radius 1 is 1.28 bits per heavy atom. The van der Waals surface area contributed by atoms with Crippen LogP contribution in [0.1, 0.15) is 24.5 Å². The van der Waals surface area contributed by atoms with Gasteiger partial charge in [-0.2, -0.15) is 0 Å². The third-order valence-electron chi connectivity index (χ3n) is 6.25. The lowest BCUT2D eigenvalue weighted by Crippen LogP contribution is -2.42. The van der Waals surface area contributed by atoms with Crippen molar-refractivity contribution < 1.29 is 19.0 Å². The molecule has 7 nitrogen and oxygen atoms in total. The number of likely N-dealkylation sites (N-methyl/N-ethyl adjacent to an activating group) is 1. The molecule has 3 aromatic rings. The number of aliphatic hydroxyl groups excluding tert-OH is 1. The van der Waals surface area contributed by atoms with Crippen molar-refractivity contribution in [3.05, 3.63) is 48.0 Å². The minimum Gasteiger partial charge on any atom is -0.496 e. The molecule has 0 spiro atoms. The summed E-state index contributed by atoms with van der Waals surface area (Å²) in [5.74, 6) is 0.674. The third-order valence-corrected chi connectivity index (χ3v) is 6.25. The second-order valence-electron chi connectivity index (χ2n) is 8.28. The highest BCUT2D eigenvalue weighted by Gasteiger charge is 2.25. The maximum absolute atomic E-state index is 14.0. The fourth-order valence-electron chi connectivity index (χ4n) is 4.38. The first-order chi connectivity index (χ1) is 15.5. The van der Waals surface area contributed by atoms with Crippen LogP contribution in [-0.2, 0) is 4.79 Å². The summed E-state index contributed by atoms with van der Waals surface area (Å²) in [6, 6.07) is 8.52. The highest BCUT2D eigenvalue weighted by Crippen LogP contribution is 2.37. The molecule has 4 rings (SSSR count). The number of rotatable bonds is 7. The molecule has 0 unspecified atom stereocenters. The van der Waals surface area contributed by atoms with E-state index >= 15 is 0 Å². The van der Waals surface area contributed by atoms with E-state index in [4.69, 9.17) is 9.84 Å². The lowest BCUT2D eigenvalue weighted by molar-refractivity contribution is -0.131. The van der Waals surface area contributed by atoms with E-state index in [0.717, 1.165) is 48.2 Å². The molecule has 1 aromatic carbocycles. The fraction of sp³-hybridized carbons (Fsp3) is 0.417. The van der Waals surface area contributed by atoms with Gasteiger partial charge in [0.1, 0.15) is 17.2 Å². The molecule has 1 saturated heterocycles. The Bertz CT molecular complexity index is 1090. The van der Waals surface area contributed by atoms with Crippen LogP contribution in [0.4, 0.5) is 4.39 Å². The van der Waals surface area contributed by atoms with E-state index in [1.54, 1.807) is 31.3 Å². The fourth-order valence-corrected chi connectivity index (χ4v) is 4.38. The number of fused-ring (bicyclic) bond motifs is 1. The number of aliphatic hydroxyl groups is 1. The molecule has 1 amide bonds. The summed E-state index contributed by atoms with van der Waals surface area (Å²) in [6.45, 7) is 2.37. The topological polar surface area (TPSA) is 81.7 Å². The molecule has 2 aromatic heterocycles. The summed E-state index contributed by atoms with van der Waals surface area (Å²) in [7, 11) is 3.30. The smallest absolute Gasteiger partial charge is 0.236 e. The van der Waals surface area contributed by atoms with Gasteiger partial charge in [0.15, 0.2) is 0 Å². The van der Waals surface area contributed by atoms with Crippen LogP contribution >= 0.6 is 0 Å². The van der Waals surface area contributed by atoms with Crippen LogP contribution in [0, 0.1) is 5.82 Å². The molecular formula is C24H29FN4O3. The number of methoxy groups -OCH3 is 1. The van der Waals surface area contributed by atoms with Gasteiger partial charge in [-0.3, -0.25) is 9.69 Å². The third kappa shape index (κ3) is 4.61. The second kappa shape index (κ2) is 9.67. The Hall–Kier alpha value is -2.97. The van der Waals surface area contributed by atoms with Crippen LogP contribution in [0.2, 0.25) is 0 Å². The molecule has 3 heterocycles. The highest BCUT2D eigenvalue weighted by molar-refractivity contribution is 5.95. The number of nitrogens with zero attached hydrogens (tertiary/aromatic N) is 3. The summed E-state index contributed by atoms with van der Waals surface area (Å²) >= 11 is 0. The first-order valence-electron chi connectivity index (χ1n) is 10.9. The zero-order valence-corrected chi connectivity index (χ0v) is 18.5. The number of amides is 1.